The molecule has 5 heteroatoms. The predicted molar refractivity (Wildman–Crippen MR) is 107 cm³/mol. The van der Waals surface area contributed by atoms with Crippen LogP contribution in [0.2, 0.25) is 0 Å². The number of hydrogen-bond acceptors (Lipinski definition) is 4. The first-order chi connectivity index (χ1) is 13.2. The standard InChI is InChI=1S/C22H21NO3S/c24-22(25)20-19(23-21(27-20)16-7-3-1-4-8-16)15-11-13-18(14-12-15)26-17-9-5-2-6-10-17/h2,5-6,9-14,16H,1,3-4,7-8H2,(H,24,25). The Balaban J connectivity index is 1.60. The molecule has 1 heterocycles. The van der Waals surface area contributed by atoms with Crippen molar-refractivity contribution in [2.24, 2.45) is 0 Å². The van der Waals surface area contributed by atoms with Gasteiger partial charge in [0, 0.05) is 11.5 Å². The van der Waals surface area contributed by atoms with Crippen LogP contribution >= 0.6 is 11.3 Å². The van der Waals surface area contributed by atoms with Gasteiger partial charge < -0.3 is 9.84 Å². The number of ether oxygens (including phenoxy) is 1. The van der Waals surface area contributed by atoms with Gasteiger partial charge in [0.2, 0.25) is 0 Å². The van der Waals surface area contributed by atoms with Crippen molar-refractivity contribution in [3.63, 3.8) is 0 Å². The third kappa shape index (κ3) is 4.03. The van der Waals surface area contributed by atoms with E-state index in [9.17, 15) is 9.90 Å². The van der Waals surface area contributed by atoms with E-state index in [1.54, 1.807) is 0 Å². The van der Waals surface area contributed by atoms with Crippen molar-refractivity contribution in [2.75, 3.05) is 0 Å². The molecule has 1 N–H and O–H groups in total. The van der Waals surface area contributed by atoms with Crippen LogP contribution in [0.5, 0.6) is 11.5 Å². The lowest BCUT2D eigenvalue weighted by atomic mass is 9.90. The zero-order valence-corrected chi connectivity index (χ0v) is 15.7. The molecule has 0 spiro atoms. The number of hydrogen-bond donors (Lipinski definition) is 1. The summed E-state index contributed by atoms with van der Waals surface area (Å²) < 4.78 is 5.81. The molecule has 0 unspecified atom stereocenters. The van der Waals surface area contributed by atoms with Gasteiger partial charge in [0.1, 0.15) is 16.4 Å². The molecule has 0 saturated heterocycles. The molecule has 1 aromatic heterocycles. The summed E-state index contributed by atoms with van der Waals surface area (Å²) in [5, 5.41) is 10.6. The lowest BCUT2D eigenvalue weighted by Crippen LogP contribution is -2.03. The zero-order chi connectivity index (χ0) is 18.6. The highest BCUT2D eigenvalue weighted by molar-refractivity contribution is 7.14. The molecule has 3 aromatic rings. The lowest BCUT2D eigenvalue weighted by molar-refractivity contribution is 0.0702. The highest BCUT2D eigenvalue weighted by atomic mass is 32.1. The van der Waals surface area contributed by atoms with E-state index >= 15 is 0 Å². The van der Waals surface area contributed by atoms with Crippen molar-refractivity contribution in [1.82, 2.24) is 4.98 Å². The number of para-hydroxylation sites is 1. The molecule has 1 saturated carbocycles. The predicted octanol–water partition coefficient (Wildman–Crippen LogP) is 6.35. The molecule has 2 aromatic carbocycles. The molecule has 0 bridgehead atoms. The van der Waals surface area contributed by atoms with E-state index in [0.717, 1.165) is 29.2 Å². The van der Waals surface area contributed by atoms with Gasteiger partial charge >= 0.3 is 5.97 Å². The van der Waals surface area contributed by atoms with E-state index < -0.39 is 5.97 Å². The first kappa shape index (κ1) is 17.7. The van der Waals surface area contributed by atoms with E-state index in [2.05, 4.69) is 0 Å². The van der Waals surface area contributed by atoms with Crippen molar-refractivity contribution in [3.8, 4) is 22.8 Å². The molecule has 4 rings (SSSR count). The number of nitrogens with zero attached hydrogens (tertiary/aromatic N) is 1. The fourth-order valence-electron chi connectivity index (χ4n) is 3.51. The SMILES string of the molecule is O=C(O)c1sc(C2CCCCC2)nc1-c1ccc(Oc2ccccc2)cc1. The highest BCUT2D eigenvalue weighted by Gasteiger charge is 2.24. The van der Waals surface area contributed by atoms with Crippen LogP contribution in [0, 0.1) is 0 Å². The van der Waals surface area contributed by atoms with E-state index in [4.69, 9.17) is 9.72 Å². The number of aromatic nitrogens is 1. The molecule has 138 valence electrons. The molecule has 27 heavy (non-hydrogen) atoms. The summed E-state index contributed by atoms with van der Waals surface area (Å²) >= 11 is 1.33. The maximum atomic E-state index is 11.7. The largest absolute Gasteiger partial charge is 0.477 e. The van der Waals surface area contributed by atoms with Crippen LogP contribution in [0.25, 0.3) is 11.3 Å². The van der Waals surface area contributed by atoms with Gasteiger partial charge in [-0.25, -0.2) is 9.78 Å². The topological polar surface area (TPSA) is 59.4 Å². The first-order valence-electron chi connectivity index (χ1n) is 9.28. The minimum Gasteiger partial charge on any atom is -0.477 e. The van der Waals surface area contributed by atoms with Gasteiger partial charge in [-0.15, -0.1) is 11.3 Å². The molecule has 0 atom stereocenters. The number of benzene rings is 2. The maximum Gasteiger partial charge on any atom is 0.348 e. The number of carboxylic acids is 1. The molecule has 4 nitrogen and oxygen atoms in total. The van der Waals surface area contributed by atoms with Crippen LogP contribution in [0.4, 0.5) is 0 Å². The Kier molecular flexibility index (Phi) is 5.21. The molecule has 1 fully saturated rings. The first-order valence-corrected chi connectivity index (χ1v) is 10.1. The van der Waals surface area contributed by atoms with E-state index in [1.165, 1.54) is 30.6 Å². The summed E-state index contributed by atoms with van der Waals surface area (Å²) in [5.41, 5.74) is 1.38. The molecule has 1 aliphatic rings. The number of aromatic carboxylic acids is 1. The summed E-state index contributed by atoms with van der Waals surface area (Å²) in [6.07, 6.45) is 5.89. The highest BCUT2D eigenvalue weighted by Crippen LogP contribution is 2.39. The van der Waals surface area contributed by atoms with Crippen LogP contribution in [-0.2, 0) is 0 Å². The Morgan fingerprint density at radius 1 is 0.963 bits per heavy atom. The van der Waals surface area contributed by atoms with Crippen molar-refractivity contribution < 1.29 is 14.6 Å². The molecule has 0 amide bonds. The van der Waals surface area contributed by atoms with Crippen molar-refractivity contribution >= 4 is 17.3 Å². The summed E-state index contributed by atoms with van der Waals surface area (Å²) in [5.74, 6) is 0.972. The number of rotatable bonds is 5. The lowest BCUT2D eigenvalue weighted by Gasteiger charge is -2.18. The Bertz CT molecular complexity index is 912. The van der Waals surface area contributed by atoms with Gasteiger partial charge in [-0.05, 0) is 49.2 Å². The van der Waals surface area contributed by atoms with Crippen molar-refractivity contribution in [1.29, 1.82) is 0 Å². The van der Waals surface area contributed by atoms with Crippen LogP contribution in [0.1, 0.15) is 52.7 Å². The second kappa shape index (κ2) is 7.92. The number of carboxylic acid groups (broad SMARTS) is 1. The maximum absolute atomic E-state index is 11.7. The smallest absolute Gasteiger partial charge is 0.348 e. The fourth-order valence-corrected chi connectivity index (χ4v) is 4.60. The third-order valence-electron chi connectivity index (χ3n) is 4.90. The summed E-state index contributed by atoms with van der Waals surface area (Å²) in [6.45, 7) is 0. The monoisotopic (exact) mass is 379 g/mol. The van der Waals surface area contributed by atoms with Crippen molar-refractivity contribution in [2.45, 2.75) is 38.0 Å². The summed E-state index contributed by atoms with van der Waals surface area (Å²) in [4.78, 5) is 16.8. The van der Waals surface area contributed by atoms with Crippen LogP contribution in [0.15, 0.2) is 54.6 Å². The Labute approximate surface area is 162 Å². The second-order valence-corrected chi connectivity index (χ2v) is 7.84. The molecular weight excluding hydrogens is 358 g/mol. The fraction of sp³-hybridized carbons (Fsp3) is 0.273. The summed E-state index contributed by atoms with van der Waals surface area (Å²) in [7, 11) is 0. The molecule has 1 aliphatic carbocycles. The molecule has 0 radical (unpaired) electrons. The average molecular weight is 379 g/mol. The van der Waals surface area contributed by atoms with E-state index in [0.29, 0.717) is 22.2 Å². The van der Waals surface area contributed by atoms with E-state index in [-0.39, 0.29) is 0 Å². The van der Waals surface area contributed by atoms with Crippen molar-refractivity contribution in [3.05, 3.63) is 64.5 Å². The minimum atomic E-state index is -0.908. The Hall–Kier alpha value is -2.66. The van der Waals surface area contributed by atoms with Gasteiger partial charge in [-0.2, -0.15) is 0 Å². The van der Waals surface area contributed by atoms with Crippen LogP contribution in [0.3, 0.4) is 0 Å². The molecule has 0 aliphatic heterocycles. The zero-order valence-electron chi connectivity index (χ0n) is 14.9. The second-order valence-electron chi connectivity index (χ2n) is 6.81. The van der Waals surface area contributed by atoms with E-state index in [1.807, 2.05) is 54.6 Å². The minimum absolute atomic E-state index is 0.326. The summed E-state index contributed by atoms with van der Waals surface area (Å²) in [6, 6.07) is 17.0. The van der Waals surface area contributed by atoms with Gasteiger partial charge in [-0.3, -0.25) is 0 Å². The van der Waals surface area contributed by atoms with Gasteiger partial charge in [0.25, 0.3) is 0 Å². The third-order valence-corrected chi connectivity index (χ3v) is 6.10. The number of thiazole rings is 1. The number of carbonyl (C=O) groups is 1. The van der Waals surface area contributed by atoms with Crippen LogP contribution < -0.4 is 4.74 Å². The average Bonchev–Trinajstić information content (AvgIpc) is 3.16. The Morgan fingerprint density at radius 2 is 1.63 bits per heavy atom. The van der Waals surface area contributed by atoms with Gasteiger partial charge in [0.15, 0.2) is 0 Å². The van der Waals surface area contributed by atoms with Gasteiger partial charge in [0.05, 0.1) is 10.7 Å². The van der Waals surface area contributed by atoms with Crippen LogP contribution in [-0.4, -0.2) is 16.1 Å². The van der Waals surface area contributed by atoms with Gasteiger partial charge in [-0.1, -0.05) is 37.5 Å². The molecular formula is C22H21NO3S. The quantitative estimate of drug-likeness (QED) is 0.561. The Morgan fingerprint density at radius 3 is 2.30 bits per heavy atom. The normalized spacial score (nSPS) is 14.8.